The molecule has 2 aromatic rings. The predicted octanol–water partition coefficient (Wildman–Crippen LogP) is 2.07. The Morgan fingerprint density at radius 2 is 2.08 bits per heavy atom. The maximum atomic E-state index is 5.75. The quantitative estimate of drug-likeness (QED) is 0.683. The van der Waals surface area contributed by atoms with Gasteiger partial charge in [-0.25, -0.2) is 0 Å². The molecule has 0 aliphatic carbocycles. The van der Waals surface area contributed by atoms with E-state index < -0.39 is 0 Å². The van der Waals surface area contributed by atoms with Crippen LogP contribution in [0.25, 0.3) is 10.1 Å². The van der Waals surface area contributed by atoms with Crippen molar-refractivity contribution in [1.29, 1.82) is 0 Å². The highest BCUT2D eigenvalue weighted by Crippen LogP contribution is 2.37. The van der Waals surface area contributed by atoms with Crippen LogP contribution in [-0.2, 0) is 0 Å². The number of benzene rings is 1. The van der Waals surface area contributed by atoms with E-state index in [0.717, 1.165) is 15.1 Å². The topological polar surface area (TPSA) is 61.3 Å². The SMILES string of the molecule is COc1c(N)ccc2sc(N)cc12. The lowest BCUT2D eigenvalue weighted by molar-refractivity contribution is 0.422. The van der Waals surface area contributed by atoms with Gasteiger partial charge in [0.25, 0.3) is 0 Å². The van der Waals surface area contributed by atoms with Crippen LogP contribution in [0.2, 0.25) is 0 Å². The molecule has 1 aromatic carbocycles. The molecule has 0 bridgehead atoms. The number of nitrogens with two attached hydrogens (primary N) is 2. The molecule has 0 spiro atoms. The molecule has 1 heterocycles. The Balaban J connectivity index is 2.82. The average molecular weight is 194 g/mol. The van der Waals surface area contributed by atoms with E-state index in [1.807, 2.05) is 18.2 Å². The van der Waals surface area contributed by atoms with E-state index >= 15 is 0 Å². The van der Waals surface area contributed by atoms with Crippen LogP contribution in [0, 0.1) is 0 Å². The maximum absolute atomic E-state index is 5.75. The molecule has 0 atom stereocenters. The van der Waals surface area contributed by atoms with Crippen molar-refractivity contribution in [2.75, 3.05) is 18.6 Å². The van der Waals surface area contributed by atoms with Gasteiger partial charge in [0.2, 0.25) is 0 Å². The van der Waals surface area contributed by atoms with Gasteiger partial charge in [-0.1, -0.05) is 0 Å². The van der Waals surface area contributed by atoms with Gasteiger partial charge in [-0.05, 0) is 18.2 Å². The lowest BCUT2D eigenvalue weighted by Gasteiger charge is -2.04. The molecule has 2 rings (SSSR count). The molecular formula is C9H10N2OS. The molecule has 4 N–H and O–H groups in total. The second-order valence-electron chi connectivity index (χ2n) is 2.75. The van der Waals surface area contributed by atoms with Gasteiger partial charge in [0.1, 0.15) is 5.75 Å². The number of hydrogen-bond acceptors (Lipinski definition) is 4. The van der Waals surface area contributed by atoms with E-state index in [9.17, 15) is 0 Å². The zero-order chi connectivity index (χ0) is 9.42. The fourth-order valence-electron chi connectivity index (χ4n) is 1.35. The Hall–Kier alpha value is -1.42. The predicted molar refractivity (Wildman–Crippen MR) is 57.2 cm³/mol. The van der Waals surface area contributed by atoms with E-state index in [2.05, 4.69) is 0 Å². The van der Waals surface area contributed by atoms with Gasteiger partial charge in [0.05, 0.1) is 17.8 Å². The Bertz CT molecular complexity index is 450. The summed E-state index contributed by atoms with van der Waals surface area (Å²) in [6.07, 6.45) is 0. The van der Waals surface area contributed by atoms with Gasteiger partial charge < -0.3 is 16.2 Å². The summed E-state index contributed by atoms with van der Waals surface area (Å²) in [6.45, 7) is 0. The monoisotopic (exact) mass is 194 g/mol. The van der Waals surface area contributed by atoms with Crippen molar-refractivity contribution in [3.8, 4) is 5.75 Å². The summed E-state index contributed by atoms with van der Waals surface area (Å²) in [6, 6.07) is 5.67. The minimum atomic E-state index is 0.646. The van der Waals surface area contributed by atoms with E-state index in [-0.39, 0.29) is 0 Å². The fraction of sp³-hybridized carbons (Fsp3) is 0.111. The highest BCUT2D eigenvalue weighted by molar-refractivity contribution is 7.22. The maximum Gasteiger partial charge on any atom is 0.150 e. The lowest BCUT2D eigenvalue weighted by atomic mass is 10.2. The van der Waals surface area contributed by atoms with Crippen molar-refractivity contribution in [2.45, 2.75) is 0 Å². The second-order valence-corrected chi connectivity index (χ2v) is 3.86. The molecular weight excluding hydrogens is 184 g/mol. The number of nitrogen functional groups attached to an aromatic ring is 2. The van der Waals surface area contributed by atoms with Gasteiger partial charge in [0.15, 0.2) is 0 Å². The average Bonchev–Trinajstić information content (AvgIpc) is 2.45. The molecule has 4 heteroatoms. The summed E-state index contributed by atoms with van der Waals surface area (Å²) in [5.74, 6) is 0.713. The zero-order valence-corrected chi connectivity index (χ0v) is 8.02. The Morgan fingerprint density at radius 3 is 2.77 bits per heavy atom. The first-order valence-electron chi connectivity index (χ1n) is 3.84. The summed E-state index contributed by atoms with van der Waals surface area (Å²) in [7, 11) is 1.61. The van der Waals surface area contributed by atoms with Crippen molar-refractivity contribution in [2.24, 2.45) is 0 Å². The standard InChI is InChI=1S/C9H10N2OS/c1-12-9-5-4-8(11)13-7(5)3-2-6(9)10/h2-4H,10-11H2,1H3. The Kier molecular flexibility index (Phi) is 1.77. The summed E-state index contributed by atoms with van der Waals surface area (Å²) in [5, 5.41) is 1.77. The van der Waals surface area contributed by atoms with Gasteiger partial charge in [0, 0.05) is 10.1 Å². The number of hydrogen-bond donors (Lipinski definition) is 2. The molecule has 0 aliphatic heterocycles. The largest absolute Gasteiger partial charge is 0.494 e. The molecule has 1 aromatic heterocycles. The van der Waals surface area contributed by atoms with E-state index in [4.69, 9.17) is 16.2 Å². The highest BCUT2D eigenvalue weighted by Gasteiger charge is 2.07. The van der Waals surface area contributed by atoms with Crippen LogP contribution in [0.1, 0.15) is 0 Å². The van der Waals surface area contributed by atoms with Crippen LogP contribution in [-0.4, -0.2) is 7.11 Å². The first kappa shape index (κ1) is 8.19. The molecule has 13 heavy (non-hydrogen) atoms. The summed E-state index contributed by atoms with van der Waals surface area (Å²) in [5.41, 5.74) is 12.1. The van der Waals surface area contributed by atoms with Gasteiger partial charge >= 0.3 is 0 Å². The van der Waals surface area contributed by atoms with Gasteiger partial charge in [-0.15, -0.1) is 11.3 Å². The first-order valence-corrected chi connectivity index (χ1v) is 4.65. The van der Waals surface area contributed by atoms with Crippen LogP contribution in [0.3, 0.4) is 0 Å². The minimum absolute atomic E-state index is 0.646. The molecule has 0 amide bonds. The summed E-state index contributed by atoms with van der Waals surface area (Å²) < 4.78 is 6.30. The highest BCUT2D eigenvalue weighted by atomic mass is 32.1. The second kappa shape index (κ2) is 2.81. The van der Waals surface area contributed by atoms with E-state index in [1.54, 1.807) is 7.11 Å². The minimum Gasteiger partial charge on any atom is -0.494 e. The van der Waals surface area contributed by atoms with E-state index in [1.165, 1.54) is 11.3 Å². The van der Waals surface area contributed by atoms with Crippen LogP contribution in [0.4, 0.5) is 10.7 Å². The van der Waals surface area contributed by atoms with Crippen LogP contribution in [0.15, 0.2) is 18.2 Å². The third-order valence-corrected chi connectivity index (χ3v) is 2.83. The Morgan fingerprint density at radius 1 is 1.31 bits per heavy atom. The van der Waals surface area contributed by atoms with Crippen LogP contribution >= 0.6 is 11.3 Å². The summed E-state index contributed by atoms with van der Waals surface area (Å²) >= 11 is 1.53. The van der Waals surface area contributed by atoms with Crippen molar-refractivity contribution in [3.63, 3.8) is 0 Å². The molecule has 0 unspecified atom stereocenters. The third kappa shape index (κ3) is 1.19. The summed E-state index contributed by atoms with van der Waals surface area (Å²) in [4.78, 5) is 0. The molecule has 0 saturated heterocycles. The number of rotatable bonds is 1. The van der Waals surface area contributed by atoms with Crippen LogP contribution < -0.4 is 16.2 Å². The third-order valence-electron chi connectivity index (χ3n) is 1.91. The number of fused-ring (bicyclic) bond motifs is 1. The normalized spacial score (nSPS) is 10.5. The van der Waals surface area contributed by atoms with Crippen molar-refractivity contribution >= 4 is 32.1 Å². The van der Waals surface area contributed by atoms with Gasteiger partial charge in [-0.3, -0.25) is 0 Å². The number of thiophene rings is 1. The fourth-order valence-corrected chi connectivity index (χ4v) is 2.18. The first-order chi connectivity index (χ1) is 6.22. The smallest absolute Gasteiger partial charge is 0.150 e. The van der Waals surface area contributed by atoms with Crippen molar-refractivity contribution in [1.82, 2.24) is 0 Å². The number of methoxy groups -OCH3 is 1. The van der Waals surface area contributed by atoms with Crippen LogP contribution in [0.5, 0.6) is 5.75 Å². The van der Waals surface area contributed by atoms with Crippen molar-refractivity contribution < 1.29 is 4.74 Å². The molecule has 68 valence electrons. The zero-order valence-electron chi connectivity index (χ0n) is 7.20. The molecule has 0 radical (unpaired) electrons. The number of ether oxygens (including phenoxy) is 1. The lowest BCUT2D eigenvalue weighted by Crippen LogP contribution is -1.91. The Labute approximate surface area is 79.9 Å². The number of anilines is 2. The van der Waals surface area contributed by atoms with Gasteiger partial charge in [-0.2, -0.15) is 0 Å². The molecule has 0 saturated carbocycles. The van der Waals surface area contributed by atoms with E-state index in [0.29, 0.717) is 11.4 Å². The van der Waals surface area contributed by atoms with Crippen molar-refractivity contribution in [3.05, 3.63) is 18.2 Å². The molecule has 3 nitrogen and oxygen atoms in total. The molecule has 0 fully saturated rings. The molecule has 0 aliphatic rings.